The van der Waals surface area contributed by atoms with E-state index in [2.05, 4.69) is 10.6 Å². The van der Waals surface area contributed by atoms with Gasteiger partial charge in [0.2, 0.25) is 5.91 Å². The molecule has 1 unspecified atom stereocenters. The van der Waals surface area contributed by atoms with Crippen LogP contribution in [0.15, 0.2) is 0 Å². The van der Waals surface area contributed by atoms with Crippen LogP contribution < -0.4 is 10.6 Å². The lowest BCUT2D eigenvalue weighted by Crippen LogP contribution is -2.51. The van der Waals surface area contributed by atoms with Crippen LogP contribution in [-0.2, 0) is 4.79 Å². The van der Waals surface area contributed by atoms with Gasteiger partial charge in [0.15, 0.2) is 0 Å². The molecule has 1 atom stereocenters. The van der Waals surface area contributed by atoms with Gasteiger partial charge in [-0.3, -0.25) is 4.79 Å². The summed E-state index contributed by atoms with van der Waals surface area (Å²) < 4.78 is 0. The predicted molar refractivity (Wildman–Crippen MR) is 81.8 cm³/mol. The van der Waals surface area contributed by atoms with E-state index in [9.17, 15) is 4.79 Å². The number of amides is 1. The third-order valence-electron chi connectivity index (χ3n) is 6.26. The van der Waals surface area contributed by atoms with Crippen LogP contribution in [-0.4, -0.2) is 25.5 Å². The average molecular weight is 299 g/mol. The van der Waals surface area contributed by atoms with Crippen LogP contribution in [0.2, 0.25) is 0 Å². The highest BCUT2D eigenvalue weighted by Gasteiger charge is 2.50. The lowest BCUT2D eigenvalue weighted by Gasteiger charge is -2.53. The molecule has 1 heterocycles. The van der Waals surface area contributed by atoms with E-state index in [-0.39, 0.29) is 12.4 Å². The molecule has 5 rings (SSSR count). The van der Waals surface area contributed by atoms with Crippen molar-refractivity contribution in [1.29, 1.82) is 0 Å². The molecule has 114 valence electrons. The molecular weight excluding hydrogens is 272 g/mol. The second-order valence-electron chi connectivity index (χ2n) is 7.56. The molecule has 5 fully saturated rings. The Balaban J connectivity index is 0.00000121. The largest absolute Gasteiger partial charge is 0.356 e. The number of nitrogens with one attached hydrogen (secondary N) is 2. The van der Waals surface area contributed by atoms with Gasteiger partial charge in [-0.2, -0.15) is 0 Å². The summed E-state index contributed by atoms with van der Waals surface area (Å²) >= 11 is 0. The lowest BCUT2D eigenvalue weighted by atomic mass is 9.51. The number of carbonyl (C=O) groups is 1. The predicted octanol–water partition coefficient (Wildman–Crippen LogP) is 2.21. The van der Waals surface area contributed by atoms with E-state index in [1.54, 1.807) is 0 Å². The summed E-state index contributed by atoms with van der Waals surface area (Å²) in [5, 5.41) is 6.65. The Labute approximate surface area is 128 Å². The summed E-state index contributed by atoms with van der Waals surface area (Å²) in [6, 6.07) is 0. The van der Waals surface area contributed by atoms with E-state index in [0.29, 0.717) is 17.7 Å². The average Bonchev–Trinajstić information content (AvgIpc) is 2.88. The first-order chi connectivity index (χ1) is 9.29. The topological polar surface area (TPSA) is 41.1 Å². The Hall–Kier alpha value is -0.280. The normalized spacial score (nSPS) is 45.2. The Morgan fingerprint density at radius 1 is 1.05 bits per heavy atom. The van der Waals surface area contributed by atoms with Gasteiger partial charge in [0.1, 0.15) is 0 Å². The molecule has 1 aliphatic heterocycles. The second-order valence-corrected chi connectivity index (χ2v) is 7.56. The molecule has 0 aromatic heterocycles. The fraction of sp³-hybridized carbons (Fsp3) is 0.938. The molecule has 0 aromatic carbocycles. The van der Waals surface area contributed by atoms with Crippen LogP contribution in [0.3, 0.4) is 0 Å². The minimum Gasteiger partial charge on any atom is -0.356 e. The van der Waals surface area contributed by atoms with Crippen molar-refractivity contribution in [1.82, 2.24) is 10.6 Å². The first kappa shape index (κ1) is 14.6. The fourth-order valence-electron chi connectivity index (χ4n) is 5.60. The molecule has 4 aliphatic carbocycles. The van der Waals surface area contributed by atoms with Gasteiger partial charge in [-0.15, -0.1) is 12.4 Å². The molecule has 1 amide bonds. The van der Waals surface area contributed by atoms with Gasteiger partial charge in [0, 0.05) is 12.5 Å². The van der Waals surface area contributed by atoms with E-state index < -0.39 is 0 Å². The minimum absolute atomic E-state index is 0. The third kappa shape index (κ3) is 2.59. The van der Waals surface area contributed by atoms with E-state index >= 15 is 0 Å². The summed E-state index contributed by atoms with van der Waals surface area (Å²) in [6.07, 6.45) is 8.06. The van der Waals surface area contributed by atoms with Crippen LogP contribution in [0.25, 0.3) is 0 Å². The maximum atomic E-state index is 12.6. The summed E-state index contributed by atoms with van der Waals surface area (Å²) in [6.45, 7) is 3.11. The Morgan fingerprint density at radius 3 is 2.25 bits per heavy atom. The van der Waals surface area contributed by atoms with E-state index in [1.165, 1.54) is 38.5 Å². The number of hydrogen-bond donors (Lipinski definition) is 2. The molecular formula is C16H27ClN2O. The van der Waals surface area contributed by atoms with Gasteiger partial charge in [0.05, 0.1) is 0 Å². The summed E-state index contributed by atoms with van der Waals surface area (Å²) in [5.74, 6) is 4.79. The van der Waals surface area contributed by atoms with Crippen LogP contribution >= 0.6 is 12.4 Å². The molecule has 5 aliphatic rings. The number of hydrogen-bond acceptors (Lipinski definition) is 2. The fourth-order valence-corrected chi connectivity index (χ4v) is 5.60. The standard InChI is InChI=1S/C16H26N2O.ClH/c19-16(18-9-10-1-2-17-8-10)15-13-4-11-3-12(6-13)7-14(15)5-11;/h10-15,17H,1-9H2,(H,18,19);1H. The number of rotatable bonds is 3. The van der Waals surface area contributed by atoms with E-state index in [0.717, 1.165) is 43.3 Å². The van der Waals surface area contributed by atoms with Gasteiger partial charge in [0.25, 0.3) is 0 Å². The van der Waals surface area contributed by atoms with Gasteiger partial charge < -0.3 is 10.6 Å². The van der Waals surface area contributed by atoms with E-state index in [4.69, 9.17) is 0 Å². The summed E-state index contributed by atoms with van der Waals surface area (Å²) in [7, 11) is 0. The molecule has 0 aromatic rings. The van der Waals surface area contributed by atoms with Crippen molar-refractivity contribution in [3.05, 3.63) is 0 Å². The van der Waals surface area contributed by atoms with Crippen molar-refractivity contribution < 1.29 is 4.79 Å². The second kappa shape index (κ2) is 5.84. The zero-order valence-electron chi connectivity index (χ0n) is 12.1. The van der Waals surface area contributed by atoms with Crippen molar-refractivity contribution in [3.8, 4) is 0 Å². The highest BCUT2D eigenvalue weighted by Crippen LogP contribution is 2.56. The maximum absolute atomic E-state index is 12.6. The zero-order valence-corrected chi connectivity index (χ0v) is 13.0. The third-order valence-corrected chi connectivity index (χ3v) is 6.26. The molecule has 0 radical (unpaired) electrons. The minimum atomic E-state index is 0. The van der Waals surface area contributed by atoms with Gasteiger partial charge in [-0.1, -0.05) is 0 Å². The van der Waals surface area contributed by atoms with Gasteiger partial charge >= 0.3 is 0 Å². The molecule has 3 nitrogen and oxygen atoms in total. The highest BCUT2D eigenvalue weighted by molar-refractivity contribution is 5.85. The van der Waals surface area contributed by atoms with Crippen LogP contribution in [0, 0.1) is 35.5 Å². The smallest absolute Gasteiger partial charge is 0.223 e. The van der Waals surface area contributed by atoms with Crippen molar-refractivity contribution in [2.24, 2.45) is 35.5 Å². The summed E-state index contributed by atoms with van der Waals surface area (Å²) in [4.78, 5) is 12.6. The monoisotopic (exact) mass is 298 g/mol. The van der Waals surface area contributed by atoms with Gasteiger partial charge in [-0.05, 0) is 81.2 Å². The Morgan fingerprint density at radius 2 is 1.70 bits per heavy atom. The van der Waals surface area contributed by atoms with Crippen molar-refractivity contribution >= 4 is 18.3 Å². The van der Waals surface area contributed by atoms with Crippen molar-refractivity contribution in [2.45, 2.75) is 38.5 Å². The molecule has 4 saturated carbocycles. The van der Waals surface area contributed by atoms with Crippen LogP contribution in [0.1, 0.15) is 38.5 Å². The quantitative estimate of drug-likeness (QED) is 0.839. The van der Waals surface area contributed by atoms with Crippen LogP contribution in [0.4, 0.5) is 0 Å². The highest BCUT2D eigenvalue weighted by atomic mass is 35.5. The zero-order chi connectivity index (χ0) is 12.8. The lowest BCUT2D eigenvalue weighted by molar-refractivity contribution is -0.138. The maximum Gasteiger partial charge on any atom is 0.223 e. The number of halogens is 1. The molecule has 1 saturated heterocycles. The van der Waals surface area contributed by atoms with Crippen LogP contribution in [0.5, 0.6) is 0 Å². The molecule has 4 heteroatoms. The number of carbonyl (C=O) groups excluding carboxylic acids is 1. The Bertz CT molecular complexity index is 339. The molecule has 0 spiro atoms. The first-order valence-corrected chi connectivity index (χ1v) is 8.28. The van der Waals surface area contributed by atoms with Crippen molar-refractivity contribution in [3.63, 3.8) is 0 Å². The first-order valence-electron chi connectivity index (χ1n) is 8.28. The van der Waals surface area contributed by atoms with Crippen molar-refractivity contribution in [2.75, 3.05) is 19.6 Å². The summed E-state index contributed by atoms with van der Waals surface area (Å²) in [5.41, 5.74) is 0. The molecule has 20 heavy (non-hydrogen) atoms. The Kier molecular flexibility index (Phi) is 4.28. The SMILES string of the molecule is Cl.O=C(NCC1CCNC1)C1C2CC3CC(C2)CC1C3. The van der Waals surface area contributed by atoms with Gasteiger partial charge in [-0.25, -0.2) is 0 Å². The molecule has 4 bridgehead atoms. The molecule has 2 N–H and O–H groups in total. The van der Waals surface area contributed by atoms with E-state index in [1.807, 2.05) is 0 Å².